The van der Waals surface area contributed by atoms with Crippen molar-refractivity contribution in [2.45, 2.75) is 57.8 Å². The van der Waals surface area contributed by atoms with Crippen LogP contribution in [0.1, 0.15) is 60.5 Å². The molecule has 2 aromatic heterocycles. The van der Waals surface area contributed by atoms with Gasteiger partial charge in [0.05, 0.1) is 16.7 Å². The Morgan fingerprint density at radius 1 is 1.28 bits per heavy atom. The molecule has 1 aliphatic rings. The summed E-state index contributed by atoms with van der Waals surface area (Å²) in [7, 11) is 0. The molecular formula is C22H24ClN3O2S. The maximum atomic E-state index is 13.0. The highest BCUT2D eigenvalue weighted by atomic mass is 35.5. The van der Waals surface area contributed by atoms with E-state index >= 15 is 0 Å². The average molecular weight is 430 g/mol. The zero-order chi connectivity index (χ0) is 20.9. The number of aryl methyl sites for hydroxylation is 1. The highest BCUT2D eigenvalue weighted by Crippen LogP contribution is 2.38. The number of ketones is 1. The van der Waals surface area contributed by atoms with Crippen molar-refractivity contribution in [1.82, 2.24) is 14.1 Å². The minimum atomic E-state index is -0.108. The van der Waals surface area contributed by atoms with Crippen LogP contribution in [0.25, 0.3) is 10.9 Å². The van der Waals surface area contributed by atoms with Crippen molar-refractivity contribution < 1.29 is 4.79 Å². The van der Waals surface area contributed by atoms with Crippen LogP contribution in [0.5, 0.6) is 0 Å². The van der Waals surface area contributed by atoms with Crippen LogP contribution in [-0.4, -0.2) is 25.7 Å². The van der Waals surface area contributed by atoms with Crippen LogP contribution >= 0.6 is 23.4 Å². The van der Waals surface area contributed by atoms with Gasteiger partial charge in [0.25, 0.3) is 5.56 Å². The second kappa shape index (κ2) is 7.65. The van der Waals surface area contributed by atoms with E-state index in [4.69, 9.17) is 11.6 Å². The minimum absolute atomic E-state index is 0.0609. The van der Waals surface area contributed by atoms with E-state index in [0.717, 1.165) is 17.0 Å². The number of halogens is 1. The van der Waals surface area contributed by atoms with Crippen molar-refractivity contribution in [2.75, 3.05) is 5.75 Å². The van der Waals surface area contributed by atoms with E-state index in [-0.39, 0.29) is 23.1 Å². The van der Waals surface area contributed by atoms with Crippen molar-refractivity contribution in [3.63, 3.8) is 0 Å². The lowest BCUT2D eigenvalue weighted by molar-refractivity contribution is 0.102. The van der Waals surface area contributed by atoms with E-state index < -0.39 is 0 Å². The second-order valence-electron chi connectivity index (χ2n) is 7.92. The predicted octanol–water partition coefficient (Wildman–Crippen LogP) is 5.36. The van der Waals surface area contributed by atoms with Gasteiger partial charge < -0.3 is 4.57 Å². The van der Waals surface area contributed by atoms with Gasteiger partial charge in [-0.25, -0.2) is 4.98 Å². The molecule has 0 bridgehead atoms. The molecule has 4 rings (SSSR count). The number of carbonyl (C=O) groups excluding carboxylic acids is 1. The van der Waals surface area contributed by atoms with Gasteiger partial charge in [0, 0.05) is 34.1 Å². The summed E-state index contributed by atoms with van der Waals surface area (Å²) >= 11 is 7.40. The fourth-order valence-corrected chi connectivity index (χ4v) is 5.05. The zero-order valence-electron chi connectivity index (χ0n) is 17.0. The number of fused-ring (bicyclic) bond motifs is 1. The molecule has 29 heavy (non-hydrogen) atoms. The molecule has 7 heteroatoms. The summed E-state index contributed by atoms with van der Waals surface area (Å²) in [6.07, 6.45) is 2.37. The molecule has 0 spiro atoms. The number of Topliss-reactive ketones (excluding diaryl/α,β-unsaturated/α-hetero) is 1. The Morgan fingerprint density at radius 3 is 2.66 bits per heavy atom. The summed E-state index contributed by atoms with van der Waals surface area (Å²) in [4.78, 5) is 30.6. The molecule has 1 aromatic carbocycles. The minimum Gasteiger partial charge on any atom is -0.345 e. The van der Waals surface area contributed by atoms with E-state index in [0.29, 0.717) is 27.1 Å². The molecule has 0 N–H and O–H groups in total. The molecule has 0 radical (unpaired) electrons. The smallest absolute Gasteiger partial charge is 0.262 e. The van der Waals surface area contributed by atoms with Crippen molar-refractivity contribution in [3.8, 4) is 0 Å². The molecule has 2 heterocycles. The molecule has 5 nitrogen and oxygen atoms in total. The normalized spacial score (nSPS) is 14.1. The molecule has 0 saturated heterocycles. The van der Waals surface area contributed by atoms with E-state index in [1.165, 1.54) is 24.6 Å². The van der Waals surface area contributed by atoms with Gasteiger partial charge in [-0.3, -0.25) is 14.2 Å². The van der Waals surface area contributed by atoms with Crippen molar-refractivity contribution in [2.24, 2.45) is 0 Å². The highest BCUT2D eigenvalue weighted by Gasteiger charge is 2.28. The number of hydrogen-bond acceptors (Lipinski definition) is 4. The third-order valence-electron chi connectivity index (χ3n) is 5.38. The molecule has 1 saturated carbocycles. The molecule has 1 aliphatic carbocycles. The van der Waals surface area contributed by atoms with Crippen molar-refractivity contribution >= 4 is 40.0 Å². The van der Waals surface area contributed by atoms with E-state index in [1.54, 1.807) is 22.8 Å². The quantitative estimate of drug-likeness (QED) is 0.300. The molecule has 152 valence electrons. The number of rotatable bonds is 6. The monoisotopic (exact) mass is 429 g/mol. The van der Waals surface area contributed by atoms with E-state index in [9.17, 15) is 9.59 Å². The molecular weight excluding hydrogens is 406 g/mol. The summed E-state index contributed by atoms with van der Waals surface area (Å²) in [6, 6.07) is 7.56. The summed E-state index contributed by atoms with van der Waals surface area (Å²) in [6.45, 7) is 7.96. The third-order valence-corrected chi connectivity index (χ3v) is 6.56. The van der Waals surface area contributed by atoms with Crippen molar-refractivity contribution in [1.29, 1.82) is 0 Å². The number of nitrogens with zero attached hydrogens (tertiary/aromatic N) is 3. The Kier molecular flexibility index (Phi) is 5.34. The van der Waals surface area contributed by atoms with E-state index in [1.807, 2.05) is 26.8 Å². The Morgan fingerprint density at radius 2 is 2.00 bits per heavy atom. The summed E-state index contributed by atoms with van der Waals surface area (Å²) in [5.74, 6) is 0.297. The zero-order valence-corrected chi connectivity index (χ0v) is 18.6. The van der Waals surface area contributed by atoms with Crippen LogP contribution in [0.15, 0.2) is 34.2 Å². The van der Waals surface area contributed by atoms with Crippen LogP contribution < -0.4 is 5.56 Å². The van der Waals surface area contributed by atoms with Crippen LogP contribution in [0.4, 0.5) is 0 Å². The third kappa shape index (κ3) is 3.76. The van der Waals surface area contributed by atoms with Crippen LogP contribution in [-0.2, 0) is 0 Å². The number of aromatic nitrogens is 3. The molecule has 0 atom stereocenters. The van der Waals surface area contributed by atoms with Gasteiger partial charge in [0.1, 0.15) is 0 Å². The largest absolute Gasteiger partial charge is 0.345 e. The second-order valence-corrected chi connectivity index (χ2v) is 9.30. The first-order valence-electron chi connectivity index (χ1n) is 9.84. The first kappa shape index (κ1) is 20.2. The average Bonchev–Trinajstić information content (AvgIpc) is 3.43. The van der Waals surface area contributed by atoms with E-state index in [2.05, 4.69) is 16.5 Å². The Hall–Kier alpha value is -2.05. The molecule has 1 fully saturated rings. The fraction of sp³-hybridized carbons (Fsp3) is 0.409. The molecule has 0 amide bonds. The maximum Gasteiger partial charge on any atom is 0.262 e. The lowest BCUT2D eigenvalue weighted by atomic mass is 10.2. The van der Waals surface area contributed by atoms with Gasteiger partial charge in [-0.15, -0.1) is 0 Å². The number of thioether (sulfide) groups is 1. The number of hydrogen-bond donors (Lipinski definition) is 0. The first-order valence-corrected chi connectivity index (χ1v) is 11.2. The molecule has 3 aromatic rings. The summed E-state index contributed by atoms with van der Waals surface area (Å²) in [5, 5.41) is 1.61. The van der Waals surface area contributed by atoms with Crippen molar-refractivity contribution in [3.05, 3.63) is 56.6 Å². The topological polar surface area (TPSA) is 56.9 Å². The van der Waals surface area contributed by atoms with Gasteiger partial charge in [-0.1, -0.05) is 23.4 Å². The number of benzene rings is 1. The van der Waals surface area contributed by atoms with Gasteiger partial charge >= 0.3 is 0 Å². The lowest BCUT2D eigenvalue weighted by Crippen LogP contribution is -2.25. The molecule has 0 aliphatic heterocycles. The van der Waals surface area contributed by atoms with Crippen LogP contribution in [0.2, 0.25) is 5.02 Å². The lowest BCUT2D eigenvalue weighted by Gasteiger charge is -2.16. The predicted molar refractivity (Wildman–Crippen MR) is 119 cm³/mol. The number of carbonyl (C=O) groups is 1. The SMILES string of the molecule is Cc1cc(C(=O)CSc2nc3cc(Cl)ccc3c(=O)n2C(C)C)c(C)n1C1CC1. The first-order chi connectivity index (χ1) is 13.8. The van der Waals surface area contributed by atoms with Crippen LogP contribution in [0, 0.1) is 13.8 Å². The maximum absolute atomic E-state index is 13.0. The Bertz CT molecular complexity index is 1170. The molecule has 0 unspecified atom stereocenters. The standard InChI is InChI=1S/C22H24ClN3O2S/c1-12(2)25-21(28)17-8-5-15(23)10-19(17)24-22(25)29-11-20(27)18-9-13(3)26(14(18)4)16-6-7-16/h5,8-10,12,16H,6-7,11H2,1-4H3. The van der Waals surface area contributed by atoms with Gasteiger partial charge in [0.2, 0.25) is 0 Å². The van der Waals surface area contributed by atoms with Gasteiger partial charge in [-0.05, 0) is 64.8 Å². The van der Waals surface area contributed by atoms with Gasteiger partial charge in [0.15, 0.2) is 10.9 Å². The highest BCUT2D eigenvalue weighted by molar-refractivity contribution is 7.99. The van der Waals surface area contributed by atoms with Gasteiger partial charge in [-0.2, -0.15) is 0 Å². The Labute approximate surface area is 179 Å². The van der Waals surface area contributed by atoms with Crippen LogP contribution in [0.3, 0.4) is 0 Å². The summed E-state index contributed by atoms with van der Waals surface area (Å²) < 4.78 is 3.93. The fourth-order valence-electron chi connectivity index (χ4n) is 3.87. The summed E-state index contributed by atoms with van der Waals surface area (Å²) in [5.41, 5.74) is 3.39. The Balaban J connectivity index is 1.66.